The van der Waals surface area contributed by atoms with Gasteiger partial charge >= 0.3 is 0 Å². The quantitative estimate of drug-likeness (QED) is 0.147. The van der Waals surface area contributed by atoms with Gasteiger partial charge in [-0.15, -0.1) is 0 Å². The molecule has 0 amide bonds. The molecule has 2 aliphatic rings. The van der Waals surface area contributed by atoms with E-state index in [0.717, 1.165) is 18.8 Å². The number of aromatic nitrogens is 1. The second-order valence-corrected chi connectivity index (χ2v) is 16.0. The number of hydrogen-bond donors (Lipinski definition) is 0. The third kappa shape index (κ3) is 4.84. The highest BCUT2D eigenvalue weighted by Gasteiger charge is 2.33. The molecule has 216 valence electrons. The third-order valence-electron chi connectivity index (χ3n) is 9.75. The summed E-state index contributed by atoms with van der Waals surface area (Å²) in [4.78, 5) is 2.88. The molecule has 1 saturated carbocycles. The minimum absolute atomic E-state index is 0.195. The lowest BCUT2D eigenvalue weighted by molar-refractivity contribution is -0.659. The highest BCUT2D eigenvalue weighted by Crippen LogP contribution is 2.53. The minimum Gasteiger partial charge on any atom is -0.200 e. The van der Waals surface area contributed by atoms with Crippen molar-refractivity contribution in [2.45, 2.75) is 96.3 Å². The van der Waals surface area contributed by atoms with Gasteiger partial charge < -0.3 is 0 Å². The monoisotopic (exact) mass is 572 g/mol. The molecule has 42 heavy (non-hydrogen) atoms. The van der Waals surface area contributed by atoms with E-state index >= 15 is 0 Å². The summed E-state index contributed by atoms with van der Waals surface area (Å²) < 4.78 is 2.40. The van der Waals surface area contributed by atoms with Crippen LogP contribution < -0.4 is 4.57 Å². The maximum Gasteiger partial charge on any atom is 0.222 e. The van der Waals surface area contributed by atoms with Crippen LogP contribution in [0.15, 0.2) is 64.5 Å². The Morgan fingerprint density at radius 1 is 0.881 bits per heavy atom. The fourth-order valence-electron chi connectivity index (χ4n) is 7.91. The van der Waals surface area contributed by atoms with Crippen LogP contribution in [0.1, 0.15) is 82.6 Å². The van der Waals surface area contributed by atoms with Crippen LogP contribution in [-0.2, 0) is 26.3 Å². The van der Waals surface area contributed by atoms with Crippen LogP contribution in [-0.4, -0.2) is 0 Å². The van der Waals surface area contributed by atoms with E-state index in [1.807, 2.05) is 11.8 Å². The molecule has 7 rings (SSSR count). The molecule has 1 nitrogen and oxygen atoms in total. The van der Waals surface area contributed by atoms with E-state index in [9.17, 15) is 0 Å². The van der Waals surface area contributed by atoms with Crippen LogP contribution in [0.2, 0.25) is 0 Å². The van der Waals surface area contributed by atoms with Crippen molar-refractivity contribution < 1.29 is 4.57 Å². The zero-order valence-electron chi connectivity index (χ0n) is 26.7. The molecule has 0 N–H and O–H groups in total. The molecule has 0 saturated heterocycles. The van der Waals surface area contributed by atoms with Crippen molar-refractivity contribution in [1.82, 2.24) is 0 Å². The van der Waals surface area contributed by atoms with Crippen LogP contribution in [0.3, 0.4) is 0 Å². The molecule has 2 heteroatoms. The first-order valence-electron chi connectivity index (χ1n) is 16.2. The van der Waals surface area contributed by atoms with Crippen molar-refractivity contribution in [2.24, 2.45) is 24.3 Å². The molecule has 1 aliphatic heterocycles. The third-order valence-corrected chi connectivity index (χ3v) is 10.9. The predicted octanol–water partition coefficient (Wildman–Crippen LogP) is 10.9. The fraction of sp³-hybridized carbons (Fsp3) is 0.425. The fourth-order valence-corrected chi connectivity index (χ4v) is 9.28. The molecule has 1 fully saturated rings. The van der Waals surface area contributed by atoms with Crippen LogP contribution in [0.25, 0.3) is 43.6 Å². The van der Waals surface area contributed by atoms with Gasteiger partial charge in [-0.05, 0) is 93.3 Å². The van der Waals surface area contributed by atoms with E-state index in [-0.39, 0.29) is 5.41 Å². The van der Waals surface area contributed by atoms with Crippen molar-refractivity contribution in [3.05, 3.63) is 77.0 Å². The minimum atomic E-state index is 0.195. The van der Waals surface area contributed by atoms with Gasteiger partial charge in [-0.25, -0.2) is 4.57 Å². The number of fused-ring (bicyclic) bond motifs is 5. The molecule has 1 aromatic heterocycles. The van der Waals surface area contributed by atoms with Crippen molar-refractivity contribution in [2.75, 3.05) is 0 Å². The Kier molecular flexibility index (Phi) is 6.93. The Labute approximate surface area is 256 Å². The summed E-state index contributed by atoms with van der Waals surface area (Å²) in [5.41, 5.74) is 8.96. The summed E-state index contributed by atoms with van der Waals surface area (Å²) in [7, 11) is 2.25. The van der Waals surface area contributed by atoms with Crippen LogP contribution in [0.5, 0.6) is 0 Å². The SMILES string of the molecule is Cc1c2c(c(CC(C)(C)C)c3ccc(CC(C)C)cc13)Sc1cc3ccc(CC4CCCC4)cc3c3cc[n+](C)c-2c13. The normalized spacial score (nSPS) is 15.4. The molecule has 0 unspecified atom stereocenters. The number of hydrogen-bond acceptors (Lipinski definition) is 1. The second kappa shape index (κ2) is 10.4. The Balaban J connectivity index is 1.51. The van der Waals surface area contributed by atoms with Crippen LogP contribution in [0, 0.1) is 24.2 Å². The topological polar surface area (TPSA) is 3.88 Å². The van der Waals surface area contributed by atoms with Gasteiger partial charge in [0, 0.05) is 21.2 Å². The number of aryl methyl sites for hydroxylation is 2. The highest BCUT2D eigenvalue weighted by molar-refractivity contribution is 8.00. The predicted molar refractivity (Wildman–Crippen MR) is 182 cm³/mol. The van der Waals surface area contributed by atoms with Gasteiger partial charge in [0.25, 0.3) is 0 Å². The first-order chi connectivity index (χ1) is 20.1. The molecule has 4 aromatic carbocycles. The number of rotatable bonds is 5. The standard InChI is InChI=1S/C40H46NS/c1-24(2)18-27-13-15-30-32(20-27)25(3)36-38-37-31(16-17-41(38)7)33-21-28(19-26-10-8-9-11-26)12-14-29(33)22-35(37)42-39(36)34(30)23-40(4,5)6/h12-17,20-22,24,26H,8-11,18-19,23H2,1-7H3/q+1. The first kappa shape index (κ1) is 28.0. The lowest BCUT2D eigenvalue weighted by Gasteiger charge is -2.28. The average Bonchev–Trinajstić information content (AvgIpc) is 3.44. The summed E-state index contributed by atoms with van der Waals surface area (Å²) in [6, 6.07) is 19.5. The van der Waals surface area contributed by atoms with Crippen LogP contribution >= 0.6 is 11.8 Å². The Morgan fingerprint density at radius 3 is 2.36 bits per heavy atom. The van der Waals surface area contributed by atoms with E-state index in [4.69, 9.17) is 0 Å². The summed E-state index contributed by atoms with van der Waals surface area (Å²) >= 11 is 2.03. The Hall–Kier alpha value is -2.84. The smallest absolute Gasteiger partial charge is 0.200 e. The summed E-state index contributed by atoms with van der Waals surface area (Å²) in [6.45, 7) is 14.2. The number of nitrogens with zero attached hydrogens (tertiary/aromatic N) is 1. The Morgan fingerprint density at radius 2 is 1.62 bits per heavy atom. The molecule has 0 atom stereocenters. The second-order valence-electron chi connectivity index (χ2n) is 15.0. The highest BCUT2D eigenvalue weighted by atomic mass is 32.2. The molecule has 0 radical (unpaired) electrons. The molecule has 5 aromatic rings. The molecule has 2 heterocycles. The molecular formula is C40H46NS+. The Bertz CT molecular complexity index is 1860. The maximum absolute atomic E-state index is 2.52. The van der Waals surface area contributed by atoms with Crippen molar-refractivity contribution in [3.8, 4) is 11.3 Å². The van der Waals surface area contributed by atoms with E-state index in [2.05, 4.69) is 108 Å². The maximum atomic E-state index is 2.52. The molecular weight excluding hydrogens is 527 g/mol. The van der Waals surface area contributed by atoms with E-state index < -0.39 is 0 Å². The zero-order valence-corrected chi connectivity index (χ0v) is 27.5. The lowest BCUT2D eigenvalue weighted by Crippen LogP contribution is -2.32. The first-order valence-corrected chi connectivity index (χ1v) is 17.0. The number of pyridine rings is 1. The van der Waals surface area contributed by atoms with Gasteiger partial charge in [0.15, 0.2) is 6.20 Å². The summed E-state index contributed by atoms with van der Waals surface area (Å²) in [6.07, 6.45) is 11.3. The zero-order chi connectivity index (χ0) is 29.3. The van der Waals surface area contributed by atoms with Gasteiger partial charge in [0.05, 0.1) is 10.9 Å². The number of benzene rings is 4. The van der Waals surface area contributed by atoms with Crippen LogP contribution in [0.4, 0.5) is 0 Å². The molecule has 0 bridgehead atoms. The van der Waals surface area contributed by atoms with Gasteiger partial charge in [-0.2, -0.15) is 0 Å². The van der Waals surface area contributed by atoms with E-state index in [1.165, 1.54) is 108 Å². The van der Waals surface area contributed by atoms with Crippen molar-refractivity contribution >= 4 is 44.1 Å². The van der Waals surface area contributed by atoms with Crippen molar-refractivity contribution in [1.29, 1.82) is 0 Å². The van der Waals surface area contributed by atoms with Gasteiger partial charge in [0.1, 0.15) is 7.05 Å². The molecule has 0 spiro atoms. The van der Waals surface area contributed by atoms with Crippen molar-refractivity contribution in [3.63, 3.8) is 0 Å². The lowest BCUT2D eigenvalue weighted by atomic mass is 9.82. The average molecular weight is 573 g/mol. The van der Waals surface area contributed by atoms with E-state index in [1.54, 1.807) is 0 Å². The summed E-state index contributed by atoms with van der Waals surface area (Å²) in [5, 5.41) is 8.51. The van der Waals surface area contributed by atoms with Gasteiger partial charge in [-0.3, -0.25) is 0 Å². The van der Waals surface area contributed by atoms with E-state index in [0.29, 0.717) is 5.92 Å². The largest absolute Gasteiger partial charge is 0.222 e. The van der Waals surface area contributed by atoms with Gasteiger partial charge in [-0.1, -0.05) is 108 Å². The summed E-state index contributed by atoms with van der Waals surface area (Å²) in [5.74, 6) is 1.51. The molecule has 1 aliphatic carbocycles. The van der Waals surface area contributed by atoms with Gasteiger partial charge in [0.2, 0.25) is 5.69 Å².